The molecule has 6 nitrogen and oxygen atoms in total. The largest absolute Gasteiger partial charge is 0.341 e. The number of aryl methyl sites for hydroxylation is 1. The molecule has 0 unspecified atom stereocenters. The molecule has 0 saturated carbocycles. The van der Waals surface area contributed by atoms with E-state index >= 15 is 0 Å². The van der Waals surface area contributed by atoms with E-state index in [0.29, 0.717) is 6.54 Å². The van der Waals surface area contributed by atoms with Gasteiger partial charge in [-0.3, -0.25) is 0 Å². The highest BCUT2D eigenvalue weighted by Crippen LogP contribution is 2.19. The Morgan fingerprint density at radius 3 is 2.77 bits per heavy atom. The van der Waals surface area contributed by atoms with Crippen molar-refractivity contribution in [3.05, 3.63) is 41.7 Å². The number of carbonyl (C=O) groups is 1. The monoisotopic (exact) mass is 371 g/mol. The summed E-state index contributed by atoms with van der Waals surface area (Å²) in [5.74, 6) is 0.773. The number of benzene rings is 1. The maximum absolute atomic E-state index is 12.2. The van der Waals surface area contributed by atoms with Crippen molar-refractivity contribution >= 4 is 29.4 Å². The number of rotatable bonds is 5. The van der Waals surface area contributed by atoms with E-state index in [9.17, 15) is 4.79 Å². The molecule has 0 bridgehead atoms. The van der Waals surface area contributed by atoms with Crippen molar-refractivity contribution in [2.75, 3.05) is 29.6 Å². The van der Waals surface area contributed by atoms with E-state index in [0.717, 1.165) is 41.0 Å². The van der Waals surface area contributed by atoms with Crippen molar-refractivity contribution in [3.63, 3.8) is 0 Å². The Morgan fingerprint density at radius 2 is 2.00 bits per heavy atom. The average Bonchev–Trinajstić information content (AvgIpc) is 2.67. The molecule has 7 heteroatoms. The molecule has 0 atom stereocenters. The SMILES string of the molecule is CSc1cccc(NC(=O)NCc2cc(C)nc(N3CCCCC3)n2)c1. The lowest BCUT2D eigenvalue weighted by molar-refractivity contribution is 0.251. The molecular weight excluding hydrogens is 346 g/mol. The second kappa shape index (κ2) is 8.89. The van der Waals surface area contributed by atoms with E-state index in [4.69, 9.17) is 0 Å². The summed E-state index contributed by atoms with van der Waals surface area (Å²) in [6.45, 7) is 4.34. The lowest BCUT2D eigenvalue weighted by Gasteiger charge is -2.27. The van der Waals surface area contributed by atoms with Crippen LogP contribution in [0.2, 0.25) is 0 Å². The van der Waals surface area contributed by atoms with Gasteiger partial charge in [-0.05, 0) is 56.7 Å². The molecule has 1 aromatic heterocycles. The van der Waals surface area contributed by atoms with Crippen molar-refractivity contribution in [2.24, 2.45) is 0 Å². The quantitative estimate of drug-likeness (QED) is 0.782. The first-order valence-electron chi connectivity index (χ1n) is 8.92. The highest BCUT2D eigenvalue weighted by Gasteiger charge is 2.15. The molecule has 0 spiro atoms. The first-order chi connectivity index (χ1) is 12.6. The second-order valence-electron chi connectivity index (χ2n) is 6.39. The number of urea groups is 1. The van der Waals surface area contributed by atoms with Gasteiger partial charge < -0.3 is 15.5 Å². The van der Waals surface area contributed by atoms with E-state index in [1.165, 1.54) is 19.3 Å². The summed E-state index contributed by atoms with van der Waals surface area (Å²) < 4.78 is 0. The minimum absolute atomic E-state index is 0.237. The fourth-order valence-corrected chi connectivity index (χ4v) is 3.45. The third kappa shape index (κ3) is 5.11. The molecule has 1 aliphatic rings. The predicted molar refractivity (Wildman–Crippen MR) is 107 cm³/mol. The Hall–Kier alpha value is -2.28. The van der Waals surface area contributed by atoms with Crippen LogP contribution >= 0.6 is 11.8 Å². The number of amides is 2. The van der Waals surface area contributed by atoms with Gasteiger partial charge in [-0.2, -0.15) is 0 Å². The van der Waals surface area contributed by atoms with Crippen LogP contribution in [0, 0.1) is 6.92 Å². The number of thioether (sulfide) groups is 1. The third-order valence-corrected chi connectivity index (χ3v) is 5.02. The number of nitrogens with one attached hydrogen (secondary N) is 2. The molecule has 0 radical (unpaired) electrons. The smallest absolute Gasteiger partial charge is 0.319 e. The zero-order chi connectivity index (χ0) is 18.4. The molecule has 1 fully saturated rings. The van der Waals surface area contributed by atoms with E-state index in [2.05, 4.69) is 25.5 Å². The van der Waals surface area contributed by atoms with Crippen LogP contribution in [-0.2, 0) is 6.54 Å². The molecular formula is C19H25N5OS. The molecule has 138 valence electrons. The zero-order valence-corrected chi connectivity index (χ0v) is 16.1. The maximum Gasteiger partial charge on any atom is 0.319 e. The van der Waals surface area contributed by atoms with Crippen LogP contribution in [-0.4, -0.2) is 35.3 Å². The molecule has 0 aliphatic carbocycles. The number of aromatic nitrogens is 2. The molecule has 1 aromatic carbocycles. The van der Waals surface area contributed by atoms with Gasteiger partial charge in [0, 0.05) is 29.4 Å². The Kier molecular flexibility index (Phi) is 6.33. The molecule has 2 amide bonds. The van der Waals surface area contributed by atoms with Crippen LogP contribution in [0.4, 0.5) is 16.4 Å². The summed E-state index contributed by atoms with van der Waals surface area (Å²) in [5.41, 5.74) is 2.53. The Morgan fingerprint density at radius 1 is 1.19 bits per heavy atom. The van der Waals surface area contributed by atoms with Gasteiger partial charge in [0.1, 0.15) is 0 Å². The minimum Gasteiger partial charge on any atom is -0.341 e. The number of anilines is 2. The molecule has 2 N–H and O–H groups in total. The summed E-state index contributed by atoms with van der Waals surface area (Å²) in [6.07, 6.45) is 5.65. The Bertz CT molecular complexity index is 761. The van der Waals surface area contributed by atoms with Crippen LogP contribution in [0.15, 0.2) is 35.2 Å². The van der Waals surface area contributed by atoms with Crippen molar-refractivity contribution in [1.29, 1.82) is 0 Å². The van der Waals surface area contributed by atoms with Gasteiger partial charge in [0.05, 0.1) is 12.2 Å². The summed E-state index contributed by atoms with van der Waals surface area (Å²) >= 11 is 1.64. The van der Waals surface area contributed by atoms with E-state index in [-0.39, 0.29) is 6.03 Å². The maximum atomic E-state index is 12.2. The van der Waals surface area contributed by atoms with E-state index < -0.39 is 0 Å². The van der Waals surface area contributed by atoms with Crippen molar-refractivity contribution in [3.8, 4) is 0 Å². The van der Waals surface area contributed by atoms with Gasteiger partial charge in [0.2, 0.25) is 5.95 Å². The van der Waals surface area contributed by atoms with Crippen LogP contribution in [0.1, 0.15) is 30.7 Å². The van der Waals surface area contributed by atoms with Crippen molar-refractivity contribution in [1.82, 2.24) is 15.3 Å². The summed E-state index contributed by atoms with van der Waals surface area (Å²) in [5, 5.41) is 5.74. The van der Waals surface area contributed by atoms with Crippen molar-refractivity contribution < 1.29 is 4.79 Å². The first kappa shape index (κ1) is 18.5. The molecule has 26 heavy (non-hydrogen) atoms. The lowest BCUT2D eigenvalue weighted by Crippen LogP contribution is -2.32. The van der Waals surface area contributed by atoms with Crippen LogP contribution in [0.25, 0.3) is 0 Å². The zero-order valence-electron chi connectivity index (χ0n) is 15.3. The van der Waals surface area contributed by atoms with Gasteiger partial charge in [-0.1, -0.05) is 6.07 Å². The lowest BCUT2D eigenvalue weighted by atomic mass is 10.1. The second-order valence-corrected chi connectivity index (χ2v) is 7.27. The Labute approximate surface area is 158 Å². The molecule has 1 aliphatic heterocycles. The predicted octanol–water partition coefficient (Wildman–Crippen LogP) is 3.82. The standard InChI is InChI=1S/C19H25N5OS/c1-14-11-16(22-18(21-14)24-9-4-3-5-10-24)13-20-19(25)23-15-7-6-8-17(12-15)26-2/h6-8,11-12H,3-5,9-10,13H2,1-2H3,(H2,20,23,25). The highest BCUT2D eigenvalue weighted by atomic mass is 32.2. The number of hydrogen-bond acceptors (Lipinski definition) is 5. The highest BCUT2D eigenvalue weighted by molar-refractivity contribution is 7.98. The molecule has 3 rings (SSSR count). The van der Waals surface area contributed by atoms with E-state index in [1.807, 2.05) is 43.5 Å². The minimum atomic E-state index is -0.237. The normalized spacial score (nSPS) is 14.2. The van der Waals surface area contributed by atoms with E-state index in [1.54, 1.807) is 11.8 Å². The fraction of sp³-hybridized carbons (Fsp3) is 0.421. The summed E-state index contributed by atoms with van der Waals surface area (Å²) in [4.78, 5) is 24.7. The summed E-state index contributed by atoms with van der Waals surface area (Å²) in [6, 6.07) is 9.46. The topological polar surface area (TPSA) is 70.2 Å². The van der Waals surface area contributed by atoms with Gasteiger partial charge in [0.15, 0.2) is 0 Å². The molecule has 2 heterocycles. The van der Waals surface area contributed by atoms with Gasteiger partial charge in [-0.15, -0.1) is 11.8 Å². The Balaban J connectivity index is 1.59. The number of hydrogen-bond donors (Lipinski definition) is 2. The van der Waals surface area contributed by atoms with Crippen LogP contribution in [0.5, 0.6) is 0 Å². The van der Waals surface area contributed by atoms with Crippen LogP contribution in [0.3, 0.4) is 0 Å². The van der Waals surface area contributed by atoms with Crippen molar-refractivity contribution in [2.45, 2.75) is 37.6 Å². The molecule has 2 aromatic rings. The van der Waals surface area contributed by atoms with Crippen LogP contribution < -0.4 is 15.5 Å². The number of piperidine rings is 1. The average molecular weight is 372 g/mol. The third-order valence-electron chi connectivity index (χ3n) is 4.29. The molecule has 1 saturated heterocycles. The number of carbonyl (C=O) groups excluding carboxylic acids is 1. The van der Waals surface area contributed by atoms with Gasteiger partial charge in [-0.25, -0.2) is 14.8 Å². The fourth-order valence-electron chi connectivity index (χ4n) is 2.99. The van der Waals surface area contributed by atoms with Gasteiger partial charge >= 0.3 is 6.03 Å². The number of nitrogens with zero attached hydrogens (tertiary/aromatic N) is 3. The summed E-state index contributed by atoms with van der Waals surface area (Å²) in [7, 11) is 0. The first-order valence-corrected chi connectivity index (χ1v) is 10.1. The van der Waals surface area contributed by atoms with Gasteiger partial charge in [0.25, 0.3) is 0 Å².